The molecule has 0 aromatic carbocycles. The maximum Gasteiger partial charge on any atom is 0.408 e. The van der Waals surface area contributed by atoms with Crippen LogP contribution in [0.5, 0.6) is 0 Å². The number of amides is 3. The molecule has 184 valence electrons. The molecule has 12 nitrogen and oxygen atoms in total. The Balaban J connectivity index is 4.84. The number of hydrogen-bond acceptors (Lipinski definition) is 9. The molecule has 0 fully saturated rings. The van der Waals surface area contributed by atoms with Gasteiger partial charge in [-0.2, -0.15) is 0 Å². The van der Waals surface area contributed by atoms with Gasteiger partial charge in [-0.05, 0) is 48.0 Å². The van der Waals surface area contributed by atoms with Crippen LogP contribution in [-0.2, 0) is 33.3 Å². The Morgan fingerprint density at radius 2 is 1.12 bits per heavy atom. The second-order valence-electron chi connectivity index (χ2n) is 8.79. The number of hydrogen-bond donors (Lipinski definition) is 3. The minimum atomic E-state index is -1.19. The van der Waals surface area contributed by atoms with E-state index in [0.29, 0.717) is 0 Å². The predicted molar refractivity (Wildman–Crippen MR) is 113 cm³/mol. The van der Waals surface area contributed by atoms with Crippen LogP contribution in [0.25, 0.3) is 0 Å². The van der Waals surface area contributed by atoms with Gasteiger partial charge in [-0.15, -0.1) is 0 Å². The van der Waals surface area contributed by atoms with Gasteiger partial charge in [0.05, 0.1) is 14.2 Å². The number of carbonyl (C=O) groups excluding carboxylic acids is 5. The van der Waals surface area contributed by atoms with Gasteiger partial charge in [0.2, 0.25) is 5.91 Å². The molecule has 0 radical (unpaired) electrons. The summed E-state index contributed by atoms with van der Waals surface area (Å²) in [4.78, 5) is 59.8. The van der Waals surface area contributed by atoms with Crippen molar-refractivity contribution >= 4 is 30.0 Å². The molecule has 0 aromatic heterocycles. The fourth-order valence-corrected chi connectivity index (χ4v) is 2.21. The van der Waals surface area contributed by atoms with Crippen LogP contribution in [0.3, 0.4) is 0 Å². The molecule has 0 aliphatic carbocycles. The van der Waals surface area contributed by atoms with Crippen LogP contribution in [0.1, 0.15) is 54.4 Å². The van der Waals surface area contributed by atoms with Gasteiger partial charge in [-0.1, -0.05) is 0 Å². The van der Waals surface area contributed by atoms with Crippen molar-refractivity contribution in [1.29, 1.82) is 0 Å². The molecule has 0 saturated heterocycles. The Morgan fingerprint density at radius 3 is 1.53 bits per heavy atom. The number of rotatable bonds is 9. The van der Waals surface area contributed by atoms with Gasteiger partial charge >= 0.3 is 24.1 Å². The van der Waals surface area contributed by atoms with E-state index in [-0.39, 0.29) is 19.4 Å². The lowest BCUT2D eigenvalue weighted by molar-refractivity contribution is -0.143. The van der Waals surface area contributed by atoms with E-state index in [1.54, 1.807) is 41.5 Å². The standard InChI is InChI=1S/C20H35N3O9/c1-19(2,3)31-17(27)22-12(15(25)29-7)9-10-14(24)21-11-13(16(26)30-8)23-18(28)32-20(4,5)6/h12-13H,9-11H2,1-8H3,(H,21,24)(H,22,27)(H,23,28)/t12-,13-/m0/s1. The molecule has 0 spiro atoms. The molecule has 0 unspecified atom stereocenters. The maximum absolute atomic E-state index is 12.2. The number of alkyl carbamates (subject to hydrolysis) is 2. The first kappa shape index (κ1) is 28.9. The van der Waals surface area contributed by atoms with E-state index in [9.17, 15) is 24.0 Å². The molecule has 0 aromatic rings. The van der Waals surface area contributed by atoms with Gasteiger partial charge in [0.15, 0.2) is 0 Å². The van der Waals surface area contributed by atoms with E-state index in [1.807, 2.05) is 0 Å². The second kappa shape index (κ2) is 12.7. The summed E-state index contributed by atoms with van der Waals surface area (Å²) in [6.07, 6.45) is -1.95. The highest BCUT2D eigenvalue weighted by Crippen LogP contribution is 2.09. The van der Waals surface area contributed by atoms with Crippen molar-refractivity contribution < 1.29 is 42.9 Å². The van der Waals surface area contributed by atoms with Crippen LogP contribution >= 0.6 is 0 Å². The molecule has 0 aliphatic heterocycles. The quantitative estimate of drug-likeness (QED) is 0.336. The molecule has 0 aliphatic rings. The molecule has 2 atom stereocenters. The normalized spacial score (nSPS) is 13.1. The lowest BCUT2D eigenvalue weighted by atomic mass is 10.1. The van der Waals surface area contributed by atoms with E-state index in [1.165, 1.54) is 0 Å². The van der Waals surface area contributed by atoms with Crippen LogP contribution < -0.4 is 16.0 Å². The van der Waals surface area contributed by atoms with Crippen molar-refractivity contribution in [2.24, 2.45) is 0 Å². The second-order valence-corrected chi connectivity index (χ2v) is 8.79. The Hall–Kier alpha value is -3.05. The zero-order valence-electron chi connectivity index (χ0n) is 20.0. The van der Waals surface area contributed by atoms with Crippen LogP contribution in [0, 0.1) is 0 Å². The summed E-state index contributed by atoms with van der Waals surface area (Å²) in [6.45, 7) is 9.69. The number of methoxy groups -OCH3 is 2. The van der Waals surface area contributed by atoms with E-state index in [4.69, 9.17) is 9.47 Å². The Bertz CT molecular complexity index is 625. The SMILES string of the molecule is COC(=O)[C@H](CCC(=O)NC[C@H](NC(=O)OC(C)(C)C)C(=O)OC)NC(=O)OC(C)(C)C. The molecular formula is C20H35N3O9. The van der Waals surface area contributed by atoms with Gasteiger partial charge in [-0.3, -0.25) is 4.79 Å². The molecule has 0 bridgehead atoms. The Kier molecular flexibility index (Phi) is 11.5. The van der Waals surface area contributed by atoms with Gasteiger partial charge in [0, 0.05) is 13.0 Å². The zero-order valence-corrected chi connectivity index (χ0v) is 20.0. The Labute approximate surface area is 188 Å². The first-order valence-electron chi connectivity index (χ1n) is 9.99. The van der Waals surface area contributed by atoms with Gasteiger partial charge in [0.1, 0.15) is 23.3 Å². The van der Waals surface area contributed by atoms with Crippen molar-refractivity contribution in [1.82, 2.24) is 16.0 Å². The molecule has 0 heterocycles. The monoisotopic (exact) mass is 461 g/mol. The highest BCUT2D eigenvalue weighted by atomic mass is 16.6. The Morgan fingerprint density at radius 1 is 0.719 bits per heavy atom. The third kappa shape index (κ3) is 13.3. The molecule has 0 saturated carbocycles. The largest absolute Gasteiger partial charge is 0.467 e. The molecule has 12 heteroatoms. The summed E-state index contributed by atoms with van der Waals surface area (Å²) >= 11 is 0. The fourth-order valence-electron chi connectivity index (χ4n) is 2.21. The van der Waals surface area contributed by atoms with Crippen molar-refractivity contribution in [3.8, 4) is 0 Å². The van der Waals surface area contributed by atoms with Crippen molar-refractivity contribution in [2.75, 3.05) is 20.8 Å². The van der Waals surface area contributed by atoms with Crippen LogP contribution in [-0.4, -0.2) is 74.1 Å². The van der Waals surface area contributed by atoms with E-state index >= 15 is 0 Å². The summed E-state index contributed by atoms with van der Waals surface area (Å²) in [5, 5.41) is 7.14. The van der Waals surface area contributed by atoms with Crippen LogP contribution in [0.2, 0.25) is 0 Å². The summed E-state index contributed by atoms with van der Waals surface area (Å²) < 4.78 is 19.4. The predicted octanol–water partition coefficient (Wildman–Crippen LogP) is 1.02. The topological polar surface area (TPSA) is 158 Å². The van der Waals surface area contributed by atoms with E-state index in [2.05, 4.69) is 25.4 Å². The first-order valence-corrected chi connectivity index (χ1v) is 9.99. The first-order chi connectivity index (χ1) is 14.6. The van der Waals surface area contributed by atoms with Gasteiger partial charge < -0.3 is 34.9 Å². The van der Waals surface area contributed by atoms with E-state index in [0.717, 1.165) is 14.2 Å². The summed E-state index contributed by atoms with van der Waals surface area (Å²) in [7, 11) is 2.28. The molecule has 3 N–H and O–H groups in total. The smallest absolute Gasteiger partial charge is 0.408 e. The maximum atomic E-state index is 12.2. The third-order valence-corrected chi connectivity index (χ3v) is 3.52. The van der Waals surface area contributed by atoms with Crippen molar-refractivity contribution in [3.05, 3.63) is 0 Å². The number of ether oxygens (including phenoxy) is 4. The minimum Gasteiger partial charge on any atom is -0.467 e. The molecule has 3 amide bonds. The molecule has 0 rings (SSSR count). The third-order valence-electron chi connectivity index (χ3n) is 3.52. The minimum absolute atomic E-state index is 0.0832. The van der Waals surface area contributed by atoms with E-state index < -0.39 is 53.3 Å². The van der Waals surface area contributed by atoms with Crippen molar-refractivity contribution in [3.63, 3.8) is 0 Å². The van der Waals surface area contributed by atoms with Crippen LogP contribution in [0.15, 0.2) is 0 Å². The van der Waals surface area contributed by atoms with Crippen molar-refractivity contribution in [2.45, 2.75) is 77.7 Å². The number of nitrogens with one attached hydrogen (secondary N) is 3. The highest BCUT2D eigenvalue weighted by molar-refractivity contribution is 5.84. The molecular weight excluding hydrogens is 426 g/mol. The fraction of sp³-hybridized carbons (Fsp3) is 0.750. The summed E-state index contributed by atoms with van der Waals surface area (Å²) in [5.74, 6) is -2.07. The van der Waals surface area contributed by atoms with Gasteiger partial charge in [0.25, 0.3) is 0 Å². The highest BCUT2D eigenvalue weighted by Gasteiger charge is 2.27. The average molecular weight is 462 g/mol. The zero-order chi connectivity index (χ0) is 25.1. The lowest BCUT2D eigenvalue weighted by Crippen LogP contribution is -2.50. The summed E-state index contributed by atoms with van der Waals surface area (Å²) in [6, 6.07) is -2.30. The molecule has 32 heavy (non-hydrogen) atoms. The number of esters is 2. The average Bonchev–Trinajstić information content (AvgIpc) is 2.63. The van der Waals surface area contributed by atoms with Gasteiger partial charge in [-0.25, -0.2) is 19.2 Å². The van der Waals surface area contributed by atoms with Crippen LogP contribution in [0.4, 0.5) is 9.59 Å². The number of carbonyl (C=O) groups is 5. The lowest BCUT2D eigenvalue weighted by Gasteiger charge is -2.23. The summed E-state index contributed by atoms with van der Waals surface area (Å²) in [5.41, 5.74) is -1.55.